The summed E-state index contributed by atoms with van der Waals surface area (Å²) in [6, 6.07) is 18.8. The summed E-state index contributed by atoms with van der Waals surface area (Å²) in [5, 5.41) is 30.4. The molecule has 1 saturated heterocycles. The van der Waals surface area contributed by atoms with E-state index in [2.05, 4.69) is 52.3 Å². The number of rotatable bonds is 3. The monoisotopic (exact) mass is 466 g/mol. The van der Waals surface area contributed by atoms with Crippen LogP contribution in [0.3, 0.4) is 0 Å². The van der Waals surface area contributed by atoms with Crippen molar-refractivity contribution in [2.45, 2.75) is 6.54 Å². The van der Waals surface area contributed by atoms with Crippen molar-refractivity contribution in [3.8, 4) is 0 Å². The Morgan fingerprint density at radius 3 is 1.53 bits per heavy atom. The van der Waals surface area contributed by atoms with Crippen molar-refractivity contribution in [2.24, 2.45) is 0 Å². The second-order valence-corrected chi connectivity index (χ2v) is 6.88. The molecule has 32 heavy (non-hydrogen) atoms. The van der Waals surface area contributed by atoms with Gasteiger partial charge in [0.2, 0.25) is 0 Å². The third-order valence-electron chi connectivity index (χ3n) is 4.18. The number of hydrogen-bond donors (Lipinski definition) is 4. The van der Waals surface area contributed by atoms with Gasteiger partial charge in [-0.2, -0.15) is 0 Å². The van der Waals surface area contributed by atoms with Gasteiger partial charge in [-0.15, -0.1) is 0 Å². The van der Waals surface area contributed by atoms with Crippen molar-refractivity contribution in [1.82, 2.24) is 4.90 Å². The largest absolute Gasteiger partial charge is 0.473 e. The summed E-state index contributed by atoms with van der Waals surface area (Å²) in [5.41, 5.74) is 2.67. The fraction of sp³-hybridized carbons (Fsp3) is 0.238. The third-order valence-corrected chi connectivity index (χ3v) is 4.43. The minimum Gasteiger partial charge on any atom is -0.473 e. The lowest BCUT2D eigenvalue weighted by molar-refractivity contribution is -0.159. The number of aliphatic carboxylic acids is 4. The highest BCUT2D eigenvalue weighted by molar-refractivity contribution is 6.30. The van der Waals surface area contributed by atoms with Gasteiger partial charge in [0.05, 0.1) is 0 Å². The Morgan fingerprint density at radius 1 is 0.688 bits per heavy atom. The number of carboxylic acid groups (broad SMARTS) is 4. The summed E-state index contributed by atoms with van der Waals surface area (Å²) in [7, 11) is 0. The van der Waals surface area contributed by atoms with Gasteiger partial charge in [-0.3, -0.25) is 4.90 Å². The van der Waals surface area contributed by atoms with E-state index in [-0.39, 0.29) is 0 Å². The molecule has 0 aromatic heterocycles. The highest BCUT2D eigenvalue weighted by Crippen LogP contribution is 2.17. The van der Waals surface area contributed by atoms with Crippen LogP contribution in [-0.2, 0) is 25.7 Å². The summed E-state index contributed by atoms with van der Waals surface area (Å²) in [4.78, 5) is 41.4. The number of halogens is 1. The number of para-hydroxylation sites is 1. The first-order valence-corrected chi connectivity index (χ1v) is 9.67. The molecule has 0 bridgehead atoms. The van der Waals surface area contributed by atoms with Crippen molar-refractivity contribution in [3.63, 3.8) is 0 Å². The topological polar surface area (TPSA) is 156 Å². The Labute approximate surface area is 188 Å². The SMILES string of the molecule is Clc1ccc(CN2CCN(c3ccccc3)CC2)cc1.O=C(O)C(=O)O.O=C(O)C(=O)O. The Morgan fingerprint density at radius 2 is 1.12 bits per heavy atom. The molecular weight excluding hydrogens is 444 g/mol. The quantitative estimate of drug-likeness (QED) is 0.493. The third kappa shape index (κ3) is 10.4. The Balaban J connectivity index is 0.000000355. The molecule has 11 heteroatoms. The minimum absolute atomic E-state index is 0.808. The predicted molar refractivity (Wildman–Crippen MR) is 116 cm³/mol. The molecule has 3 rings (SSSR count). The Bertz CT molecular complexity index is 850. The second kappa shape index (κ2) is 13.6. The molecule has 2 aromatic carbocycles. The molecule has 0 saturated carbocycles. The molecule has 172 valence electrons. The molecule has 1 fully saturated rings. The van der Waals surface area contributed by atoms with Crippen LogP contribution in [0.4, 0.5) is 5.69 Å². The molecule has 0 atom stereocenters. The summed E-state index contributed by atoms with van der Waals surface area (Å²) >= 11 is 5.92. The predicted octanol–water partition coefficient (Wildman–Crippen LogP) is 1.97. The van der Waals surface area contributed by atoms with Crippen LogP contribution >= 0.6 is 11.6 Å². The van der Waals surface area contributed by atoms with E-state index in [1.54, 1.807) is 0 Å². The summed E-state index contributed by atoms with van der Waals surface area (Å²) in [6.45, 7) is 5.42. The molecule has 4 N–H and O–H groups in total. The van der Waals surface area contributed by atoms with Gasteiger partial charge in [-0.05, 0) is 29.8 Å². The molecule has 1 aliphatic rings. The van der Waals surface area contributed by atoms with Crippen LogP contribution in [0.25, 0.3) is 0 Å². The number of hydrogen-bond acceptors (Lipinski definition) is 6. The van der Waals surface area contributed by atoms with Crippen molar-refractivity contribution in [3.05, 3.63) is 65.2 Å². The van der Waals surface area contributed by atoms with Crippen LogP contribution < -0.4 is 4.90 Å². The standard InChI is InChI=1S/C17H19ClN2.2C2H2O4/c18-16-8-6-15(7-9-16)14-19-10-12-20(13-11-19)17-4-2-1-3-5-17;2*3-1(4)2(5)6/h1-9H,10-14H2;2*(H,3,4)(H,5,6). The van der Waals surface area contributed by atoms with Crippen molar-refractivity contribution >= 4 is 41.2 Å². The van der Waals surface area contributed by atoms with Crippen LogP contribution in [0, 0.1) is 0 Å². The summed E-state index contributed by atoms with van der Waals surface area (Å²) < 4.78 is 0. The van der Waals surface area contributed by atoms with E-state index >= 15 is 0 Å². The van der Waals surface area contributed by atoms with Gasteiger partial charge in [0.1, 0.15) is 0 Å². The van der Waals surface area contributed by atoms with Gasteiger partial charge in [0, 0.05) is 43.4 Å². The molecule has 0 radical (unpaired) electrons. The molecule has 0 aliphatic carbocycles. The Kier molecular flexibility index (Phi) is 11.2. The zero-order valence-corrected chi connectivity index (χ0v) is 17.7. The molecule has 0 amide bonds. The molecule has 0 spiro atoms. The number of piperazine rings is 1. The minimum atomic E-state index is -1.82. The van der Waals surface area contributed by atoms with E-state index in [4.69, 9.17) is 51.2 Å². The number of nitrogens with zero attached hydrogens (tertiary/aromatic N) is 2. The van der Waals surface area contributed by atoms with Crippen LogP contribution in [-0.4, -0.2) is 75.4 Å². The van der Waals surface area contributed by atoms with Gasteiger partial charge in [-0.25, -0.2) is 19.2 Å². The molecule has 1 heterocycles. The first kappa shape index (κ1) is 26.4. The summed E-state index contributed by atoms with van der Waals surface area (Å²) in [6.07, 6.45) is 0. The fourth-order valence-electron chi connectivity index (χ4n) is 2.65. The molecule has 0 unspecified atom stereocenters. The highest BCUT2D eigenvalue weighted by atomic mass is 35.5. The van der Waals surface area contributed by atoms with E-state index in [1.807, 2.05) is 12.1 Å². The fourth-order valence-corrected chi connectivity index (χ4v) is 2.78. The van der Waals surface area contributed by atoms with Gasteiger partial charge in [0.25, 0.3) is 0 Å². The van der Waals surface area contributed by atoms with Crippen LogP contribution in [0.15, 0.2) is 54.6 Å². The number of anilines is 1. The van der Waals surface area contributed by atoms with Crippen molar-refractivity contribution in [1.29, 1.82) is 0 Å². The van der Waals surface area contributed by atoms with Crippen LogP contribution in [0.1, 0.15) is 5.56 Å². The first-order valence-electron chi connectivity index (χ1n) is 9.29. The van der Waals surface area contributed by atoms with Crippen molar-refractivity contribution < 1.29 is 39.6 Å². The van der Waals surface area contributed by atoms with E-state index in [1.165, 1.54) is 11.3 Å². The van der Waals surface area contributed by atoms with Crippen LogP contribution in [0.5, 0.6) is 0 Å². The summed E-state index contributed by atoms with van der Waals surface area (Å²) in [5.74, 6) is -7.30. The zero-order chi connectivity index (χ0) is 24.1. The maximum Gasteiger partial charge on any atom is 0.414 e. The zero-order valence-electron chi connectivity index (χ0n) is 16.9. The normalized spacial score (nSPS) is 13.0. The number of benzene rings is 2. The first-order chi connectivity index (χ1) is 15.1. The lowest BCUT2D eigenvalue weighted by Crippen LogP contribution is -2.45. The second-order valence-electron chi connectivity index (χ2n) is 6.45. The smallest absolute Gasteiger partial charge is 0.414 e. The molecular formula is C21H23ClN2O8. The number of carbonyl (C=O) groups is 4. The Hall–Kier alpha value is -3.63. The lowest BCUT2D eigenvalue weighted by Gasteiger charge is -2.36. The van der Waals surface area contributed by atoms with Gasteiger partial charge >= 0.3 is 23.9 Å². The van der Waals surface area contributed by atoms with E-state index in [0.29, 0.717) is 0 Å². The number of carboxylic acids is 4. The average Bonchev–Trinajstić information content (AvgIpc) is 2.77. The van der Waals surface area contributed by atoms with Crippen molar-refractivity contribution in [2.75, 3.05) is 31.1 Å². The molecule has 2 aromatic rings. The van der Waals surface area contributed by atoms with E-state index < -0.39 is 23.9 Å². The van der Waals surface area contributed by atoms with E-state index in [9.17, 15) is 0 Å². The van der Waals surface area contributed by atoms with Crippen LogP contribution in [0.2, 0.25) is 5.02 Å². The highest BCUT2D eigenvalue weighted by Gasteiger charge is 2.16. The maximum absolute atomic E-state index is 9.10. The van der Waals surface area contributed by atoms with E-state index in [0.717, 1.165) is 37.7 Å². The molecule has 1 aliphatic heterocycles. The molecule has 10 nitrogen and oxygen atoms in total. The van der Waals surface area contributed by atoms with Gasteiger partial charge in [0.15, 0.2) is 0 Å². The average molecular weight is 467 g/mol. The lowest BCUT2D eigenvalue weighted by atomic mass is 10.2. The van der Waals surface area contributed by atoms with Gasteiger partial charge < -0.3 is 25.3 Å². The van der Waals surface area contributed by atoms with Gasteiger partial charge in [-0.1, -0.05) is 41.9 Å². The maximum atomic E-state index is 9.10.